The Bertz CT molecular complexity index is 490. The molecule has 0 fully saturated rings. The maximum absolute atomic E-state index is 4.36. The molecule has 0 aliphatic carbocycles. The van der Waals surface area contributed by atoms with E-state index in [1.165, 1.54) is 32.1 Å². The Morgan fingerprint density at radius 2 is 2.00 bits per heavy atom. The molecule has 0 aliphatic heterocycles. The predicted octanol–water partition coefficient (Wildman–Crippen LogP) is 3.75. The molecule has 2 rings (SSSR count). The van der Waals surface area contributed by atoms with Crippen molar-refractivity contribution in [1.82, 2.24) is 14.6 Å². The van der Waals surface area contributed by atoms with E-state index < -0.39 is 0 Å². The molecule has 0 saturated heterocycles. The van der Waals surface area contributed by atoms with Crippen LogP contribution in [0.4, 0.5) is 5.82 Å². The molecule has 0 aliphatic rings. The monoisotopic (exact) mass is 260 g/mol. The van der Waals surface area contributed by atoms with Gasteiger partial charge in [0, 0.05) is 18.9 Å². The van der Waals surface area contributed by atoms with Crippen molar-refractivity contribution in [3.8, 4) is 0 Å². The Labute approximate surface area is 115 Å². The van der Waals surface area contributed by atoms with E-state index >= 15 is 0 Å². The summed E-state index contributed by atoms with van der Waals surface area (Å²) in [6.45, 7) is 5.57. The molecule has 0 amide bonds. The second-order valence-electron chi connectivity index (χ2n) is 5.46. The van der Waals surface area contributed by atoms with Crippen LogP contribution in [0.25, 0.3) is 5.52 Å². The average molecular weight is 260 g/mol. The normalized spacial score (nSPS) is 11.3. The molecule has 4 heteroatoms. The van der Waals surface area contributed by atoms with Crippen LogP contribution in [-0.2, 0) is 0 Å². The number of rotatable bonds is 8. The zero-order chi connectivity index (χ0) is 13.5. The summed E-state index contributed by atoms with van der Waals surface area (Å²) in [5.74, 6) is 1.77. The number of anilines is 1. The molecule has 2 aromatic heterocycles. The first kappa shape index (κ1) is 13.8. The average Bonchev–Trinajstić information content (AvgIpc) is 2.86. The quantitative estimate of drug-likeness (QED) is 0.735. The van der Waals surface area contributed by atoms with Gasteiger partial charge in [0.25, 0.3) is 0 Å². The largest absolute Gasteiger partial charge is 0.368 e. The molecule has 0 saturated carbocycles. The van der Waals surface area contributed by atoms with Crippen molar-refractivity contribution < 1.29 is 0 Å². The summed E-state index contributed by atoms with van der Waals surface area (Å²) in [6.07, 6.45) is 12.0. The first-order valence-corrected chi connectivity index (χ1v) is 7.29. The maximum atomic E-state index is 4.36. The van der Waals surface area contributed by atoms with Crippen molar-refractivity contribution in [2.45, 2.75) is 46.0 Å². The van der Waals surface area contributed by atoms with Gasteiger partial charge < -0.3 is 5.32 Å². The number of unbranched alkanes of at least 4 members (excludes halogenated alkanes) is 3. The Balaban J connectivity index is 1.67. The van der Waals surface area contributed by atoms with E-state index in [2.05, 4.69) is 29.2 Å². The zero-order valence-corrected chi connectivity index (χ0v) is 12.0. The minimum absolute atomic E-state index is 0.835. The lowest BCUT2D eigenvalue weighted by atomic mass is 10.0. The molecule has 2 aromatic rings. The number of nitrogens with one attached hydrogen (secondary N) is 1. The molecule has 0 radical (unpaired) electrons. The van der Waals surface area contributed by atoms with Crippen LogP contribution in [0.5, 0.6) is 0 Å². The van der Waals surface area contributed by atoms with Gasteiger partial charge in [0.2, 0.25) is 0 Å². The van der Waals surface area contributed by atoms with Gasteiger partial charge >= 0.3 is 0 Å². The molecule has 0 aromatic carbocycles. The van der Waals surface area contributed by atoms with E-state index in [-0.39, 0.29) is 0 Å². The number of hydrogen-bond donors (Lipinski definition) is 1. The van der Waals surface area contributed by atoms with Crippen molar-refractivity contribution in [3.63, 3.8) is 0 Å². The molecule has 0 bridgehead atoms. The van der Waals surface area contributed by atoms with E-state index in [0.717, 1.165) is 23.8 Å². The first-order valence-electron chi connectivity index (χ1n) is 7.29. The smallest absolute Gasteiger partial charge is 0.152 e. The number of hydrogen-bond acceptors (Lipinski definition) is 3. The summed E-state index contributed by atoms with van der Waals surface area (Å²) < 4.78 is 1.85. The molecule has 19 heavy (non-hydrogen) atoms. The van der Waals surface area contributed by atoms with Crippen LogP contribution in [-0.4, -0.2) is 21.1 Å². The van der Waals surface area contributed by atoms with Crippen molar-refractivity contribution in [2.75, 3.05) is 11.9 Å². The molecule has 0 unspecified atom stereocenters. The van der Waals surface area contributed by atoms with Crippen molar-refractivity contribution in [2.24, 2.45) is 5.92 Å². The fourth-order valence-corrected chi connectivity index (χ4v) is 2.23. The highest BCUT2D eigenvalue weighted by Gasteiger charge is 2.01. The van der Waals surface area contributed by atoms with Gasteiger partial charge in [-0.15, -0.1) is 0 Å². The minimum atomic E-state index is 0.835. The van der Waals surface area contributed by atoms with Crippen LogP contribution < -0.4 is 5.32 Å². The second kappa shape index (κ2) is 7.12. The third-order valence-corrected chi connectivity index (χ3v) is 3.33. The third-order valence-electron chi connectivity index (χ3n) is 3.33. The molecular formula is C15H24N4. The lowest BCUT2D eigenvalue weighted by Gasteiger charge is -2.07. The minimum Gasteiger partial charge on any atom is -0.368 e. The summed E-state index contributed by atoms with van der Waals surface area (Å²) >= 11 is 0. The third kappa shape index (κ3) is 4.23. The highest BCUT2D eigenvalue weighted by Crippen LogP contribution is 2.13. The lowest BCUT2D eigenvalue weighted by Crippen LogP contribution is -2.05. The van der Waals surface area contributed by atoms with E-state index in [4.69, 9.17) is 0 Å². The van der Waals surface area contributed by atoms with Crippen molar-refractivity contribution >= 4 is 11.3 Å². The number of fused-ring (bicyclic) bond motifs is 1. The van der Waals surface area contributed by atoms with Gasteiger partial charge in [0.05, 0.1) is 6.20 Å². The molecule has 0 atom stereocenters. The fraction of sp³-hybridized carbons (Fsp3) is 0.600. The van der Waals surface area contributed by atoms with Crippen LogP contribution >= 0.6 is 0 Å². The van der Waals surface area contributed by atoms with Gasteiger partial charge in [0.15, 0.2) is 5.82 Å². The number of aromatic nitrogens is 3. The highest BCUT2D eigenvalue weighted by molar-refractivity contribution is 5.66. The molecule has 2 heterocycles. The fourth-order valence-electron chi connectivity index (χ4n) is 2.23. The zero-order valence-electron chi connectivity index (χ0n) is 12.0. The summed E-state index contributed by atoms with van der Waals surface area (Å²) in [7, 11) is 0. The van der Waals surface area contributed by atoms with Gasteiger partial charge in [-0.05, 0) is 18.4 Å². The first-order chi connectivity index (χ1) is 9.27. The van der Waals surface area contributed by atoms with Crippen LogP contribution in [0.1, 0.15) is 46.0 Å². The summed E-state index contributed by atoms with van der Waals surface area (Å²) in [4.78, 5) is 4.36. The second-order valence-corrected chi connectivity index (χ2v) is 5.46. The van der Waals surface area contributed by atoms with Gasteiger partial charge in [-0.1, -0.05) is 39.5 Å². The van der Waals surface area contributed by atoms with Crippen molar-refractivity contribution in [1.29, 1.82) is 0 Å². The highest BCUT2D eigenvalue weighted by atomic mass is 15.2. The maximum Gasteiger partial charge on any atom is 0.152 e. The van der Waals surface area contributed by atoms with E-state index in [1.54, 1.807) is 12.4 Å². The van der Waals surface area contributed by atoms with E-state index in [0.29, 0.717) is 0 Å². The van der Waals surface area contributed by atoms with Gasteiger partial charge in [-0.25, -0.2) is 9.50 Å². The topological polar surface area (TPSA) is 42.2 Å². The standard InChI is InChI=1S/C15H24N4/c1-13(2)7-5-3-4-6-9-16-15-14-8-10-18-19(14)12-11-17-15/h8,10-13H,3-7,9H2,1-2H3,(H,16,17). The van der Waals surface area contributed by atoms with Crippen molar-refractivity contribution in [3.05, 3.63) is 24.7 Å². The SMILES string of the molecule is CC(C)CCCCCCNc1nccn2nccc12. The molecule has 104 valence electrons. The molecule has 4 nitrogen and oxygen atoms in total. The van der Waals surface area contributed by atoms with Gasteiger partial charge in [0.1, 0.15) is 5.52 Å². The van der Waals surface area contributed by atoms with Crippen LogP contribution in [0.2, 0.25) is 0 Å². The predicted molar refractivity (Wildman–Crippen MR) is 79.4 cm³/mol. The lowest BCUT2D eigenvalue weighted by molar-refractivity contribution is 0.523. The van der Waals surface area contributed by atoms with Crippen LogP contribution in [0.15, 0.2) is 24.7 Å². The van der Waals surface area contributed by atoms with E-state index in [1.807, 2.05) is 16.8 Å². The van der Waals surface area contributed by atoms with Gasteiger partial charge in [-0.2, -0.15) is 5.10 Å². The summed E-state index contributed by atoms with van der Waals surface area (Å²) in [5.41, 5.74) is 1.04. The van der Waals surface area contributed by atoms with Crippen LogP contribution in [0, 0.1) is 5.92 Å². The Hall–Kier alpha value is -1.58. The molecular weight excluding hydrogens is 236 g/mol. The Morgan fingerprint density at radius 1 is 1.16 bits per heavy atom. The Morgan fingerprint density at radius 3 is 2.84 bits per heavy atom. The van der Waals surface area contributed by atoms with Crippen LogP contribution in [0.3, 0.4) is 0 Å². The molecule has 1 N–H and O–H groups in total. The molecule has 0 spiro atoms. The Kier molecular flexibility index (Phi) is 5.19. The van der Waals surface area contributed by atoms with E-state index in [9.17, 15) is 0 Å². The summed E-state index contributed by atoms with van der Waals surface area (Å²) in [6, 6.07) is 1.98. The number of nitrogens with zero attached hydrogens (tertiary/aromatic N) is 3. The summed E-state index contributed by atoms with van der Waals surface area (Å²) in [5, 5.41) is 7.60. The van der Waals surface area contributed by atoms with Gasteiger partial charge in [-0.3, -0.25) is 0 Å².